The van der Waals surface area contributed by atoms with Gasteiger partial charge in [-0.3, -0.25) is 9.10 Å². The largest absolute Gasteiger partial charge is 0.497 e. The van der Waals surface area contributed by atoms with Crippen molar-refractivity contribution in [1.29, 1.82) is 0 Å². The van der Waals surface area contributed by atoms with Crippen molar-refractivity contribution in [2.45, 2.75) is 29.6 Å². The molecule has 3 aromatic carbocycles. The normalized spacial score (nSPS) is 11.1. The number of thioether (sulfide) groups is 1. The summed E-state index contributed by atoms with van der Waals surface area (Å²) in [6.45, 7) is 2.09. The average Bonchev–Trinajstić information content (AvgIpc) is 2.86. The Balaban J connectivity index is 1.68. The monoisotopic (exact) mass is 498 g/mol. The zero-order valence-corrected chi connectivity index (χ0v) is 21.3. The summed E-state index contributed by atoms with van der Waals surface area (Å²) in [4.78, 5) is 13.8. The number of benzene rings is 3. The minimum absolute atomic E-state index is 0.151. The summed E-state index contributed by atoms with van der Waals surface area (Å²) in [6, 6.07) is 21.6. The van der Waals surface area contributed by atoms with E-state index in [0.717, 1.165) is 34.6 Å². The van der Waals surface area contributed by atoms with E-state index in [9.17, 15) is 13.2 Å². The first-order valence-corrected chi connectivity index (χ1v) is 13.6. The quantitative estimate of drug-likeness (QED) is 0.307. The van der Waals surface area contributed by atoms with Gasteiger partial charge in [-0.2, -0.15) is 0 Å². The molecule has 0 radical (unpaired) electrons. The summed E-state index contributed by atoms with van der Waals surface area (Å²) in [5.41, 5.74) is 2.61. The number of carbonyl (C=O) groups is 1. The molecule has 0 aliphatic heterocycles. The molecule has 0 fully saturated rings. The van der Waals surface area contributed by atoms with Crippen molar-refractivity contribution >= 4 is 33.4 Å². The summed E-state index contributed by atoms with van der Waals surface area (Å²) in [6.07, 6.45) is 3.47. The van der Waals surface area contributed by atoms with E-state index in [4.69, 9.17) is 4.74 Å². The molecular weight excluding hydrogens is 468 g/mol. The smallest absolute Gasteiger partial charge is 0.264 e. The van der Waals surface area contributed by atoms with Crippen LogP contribution in [-0.2, 0) is 21.2 Å². The number of sulfonamides is 1. The van der Waals surface area contributed by atoms with Crippen LogP contribution in [0, 0.1) is 6.92 Å². The maximum atomic E-state index is 13.4. The summed E-state index contributed by atoms with van der Waals surface area (Å²) in [7, 11) is -2.29. The van der Waals surface area contributed by atoms with Crippen molar-refractivity contribution in [2.24, 2.45) is 0 Å². The fourth-order valence-corrected chi connectivity index (χ4v) is 5.23. The molecule has 0 heterocycles. The Morgan fingerprint density at radius 1 is 0.971 bits per heavy atom. The number of methoxy groups -OCH3 is 1. The average molecular weight is 499 g/mol. The molecule has 0 aromatic heterocycles. The van der Waals surface area contributed by atoms with Gasteiger partial charge in [-0.05, 0) is 80.1 Å². The minimum atomic E-state index is -3.92. The van der Waals surface area contributed by atoms with E-state index in [2.05, 4.69) is 5.32 Å². The zero-order valence-electron chi connectivity index (χ0n) is 19.7. The zero-order chi connectivity index (χ0) is 24.6. The predicted octanol–water partition coefficient (Wildman–Crippen LogP) is 4.67. The van der Waals surface area contributed by atoms with E-state index in [-0.39, 0.29) is 17.3 Å². The molecule has 1 N–H and O–H groups in total. The third-order valence-electron chi connectivity index (χ3n) is 5.38. The Labute approximate surface area is 206 Å². The Kier molecular flexibility index (Phi) is 9.01. The number of aryl methyl sites for hydroxylation is 2. The minimum Gasteiger partial charge on any atom is -0.497 e. The molecule has 0 saturated carbocycles. The number of rotatable bonds is 11. The first-order chi connectivity index (χ1) is 16.3. The molecular formula is C26H30N2O4S2. The molecule has 6 nitrogen and oxygen atoms in total. The van der Waals surface area contributed by atoms with Crippen LogP contribution in [0.1, 0.15) is 17.5 Å². The first kappa shape index (κ1) is 25.6. The van der Waals surface area contributed by atoms with E-state index >= 15 is 0 Å². The second-order valence-electron chi connectivity index (χ2n) is 7.82. The van der Waals surface area contributed by atoms with Crippen LogP contribution in [0.2, 0.25) is 0 Å². The highest BCUT2D eigenvalue weighted by Gasteiger charge is 2.27. The lowest BCUT2D eigenvalue weighted by Crippen LogP contribution is -2.41. The molecule has 0 aliphatic carbocycles. The highest BCUT2D eigenvalue weighted by atomic mass is 32.2. The predicted molar refractivity (Wildman–Crippen MR) is 138 cm³/mol. The standard InChI is InChI=1S/C26H30N2O4S2/c1-20-6-10-22(11-7-20)28(34(30,31)25-16-14-24(33-3)15-17-25)19-26(29)27-18-4-5-21-8-12-23(32-2)13-9-21/h6-17H,4-5,18-19H2,1-3H3,(H,27,29). The number of hydrogen-bond acceptors (Lipinski definition) is 5. The lowest BCUT2D eigenvalue weighted by atomic mass is 10.1. The van der Waals surface area contributed by atoms with Crippen LogP contribution in [-0.4, -0.2) is 40.8 Å². The second kappa shape index (κ2) is 11.9. The van der Waals surface area contributed by atoms with E-state index in [1.54, 1.807) is 43.5 Å². The van der Waals surface area contributed by atoms with Crippen LogP contribution in [0.15, 0.2) is 82.6 Å². The number of nitrogens with zero attached hydrogens (tertiary/aromatic N) is 1. The van der Waals surface area contributed by atoms with Crippen LogP contribution < -0.4 is 14.4 Å². The fraction of sp³-hybridized carbons (Fsp3) is 0.269. The molecule has 3 aromatic rings. The Morgan fingerprint density at radius 3 is 2.21 bits per heavy atom. The number of carbonyl (C=O) groups excluding carboxylic acids is 1. The highest BCUT2D eigenvalue weighted by molar-refractivity contribution is 7.98. The maximum Gasteiger partial charge on any atom is 0.264 e. The Morgan fingerprint density at radius 2 is 1.62 bits per heavy atom. The molecule has 0 atom stereocenters. The molecule has 180 valence electrons. The van der Waals surface area contributed by atoms with Gasteiger partial charge in [0.2, 0.25) is 5.91 Å². The van der Waals surface area contributed by atoms with Gasteiger partial charge in [0.15, 0.2) is 0 Å². The van der Waals surface area contributed by atoms with Gasteiger partial charge < -0.3 is 10.1 Å². The number of nitrogens with one attached hydrogen (secondary N) is 1. The van der Waals surface area contributed by atoms with Gasteiger partial charge in [-0.15, -0.1) is 11.8 Å². The lowest BCUT2D eigenvalue weighted by molar-refractivity contribution is -0.119. The number of amides is 1. The molecule has 1 amide bonds. The van der Waals surface area contributed by atoms with E-state index in [0.29, 0.717) is 12.2 Å². The molecule has 0 aliphatic rings. The van der Waals surface area contributed by atoms with Gasteiger partial charge in [0.1, 0.15) is 12.3 Å². The molecule has 0 bridgehead atoms. The summed E-state index contributed by atoms with van der Waals surface area (Å²) in [5.74, 6) is 0.456. The summed E-state index contributed by atoms with van der Waals surface area (Å²) in [5, 5.41) is 2.86. The molecule has 8 heteroatoms. The van der Waals surface area contributed by atoms with Crippen LogP contribution in [0.5, 0.6) is 5.75 Å². The molecule has 0 unspecified atom stereocenters. The van der Waals surface area contributed by atoms with Crippen molar-refractivity contribution in [2.75, 3.05) is 30.8 Å². The lowest BCUT2D eigenvalue weighted by Gasteiger charge is -2.24. The Bertz CT molecular complexity index is 1180. The van der Waals surface area contributed by atoms with E-state index in [1.165, 1.54) is 16.1 Å². The summed E-state index contributed by atoms with van der Waals surface area (Å²) >= 11 is 1.54. The topological polar surface area (TPSA) is 75.7 Å². The molecule has 0 saturated heterocycles. The third-order valence-corrected chi connectivity index (χ3v) is 7.91. The first-order valence-electron chi connectivity index (χ1n) is 11.0. The van der Waals surface area contributed by atoms with E-state index < -0.39 is 10.0 Å². The van der Waals surface area contributed by atoms with Crippen LogP contribution in [0.3, 0.4) is 0 Å². The number of hydrogen-bond donors (Lipinski definition) is 1. The molecule has 0 spiro atoms. The second-order valence-corrected chi connectivity index (χ2v) is 10.6. The SMILES string of the molecule is COc1ccc(CCCNC(=O)CN(c2ccc(C)cc2)S(=O)(=O)c2ccc(SC)cc2)cc1. The summed E-state index contributed by atoms with van der Waals surface area (Å²) < 4.78 is 33.2. The van der Waals surface area contributed by atoms with Gasteiger partial charge in [-0.1, -0.05) is 29.8 Å². The van der Waals surface area contributed by atoms with Crippen LogP contribution >= 0.6 is 11.8 Å². The maximum absolute atomic E-state index is 13.4. The molecule has 3 rings (SSSR count). The van der Waals surface area contributed by atoms with Gasteiger partial charge in [0.25, 0.3) is 10.0 Å². The van der Waals surface area contributed by atoms with E-state index in [1.807, 2.05) is 49.6 Å². The highest BCUT2D eigenvalue weighted by Crippen LogP contribution is 2.25. The van der Waals surface area contributed by atoms with Crippen LogP contribution in [0.25, 0.3) is 0 Å². The fourth-order valence-electron chi connectivity index (χ4n) is 3.40. The Hall–Kier alpha value is -2.97. The van der Waals surface area contributed by atoms with Gasteiger partial charge in [-0.25, -0.2) is 8.42 Å². The van der Waals surface area contributed by atoms with Crippen molar-refractivity contribution in [3.63, 3.8) is 0 Å². The number of ether oxygens (including phenoxy) is 1. The van der Waals surface area contributed by atoms with Gasteiger partial charge in [0, 0.05) is 11.4 Å². The van der Waals surface area contributed by atoms with Crippen molar-refractivity contribution in [1.82, 2.24) is 5.32 Å². The van der Waals surface area contributed by atoms with Crippen LogP contribution in [0.4, 0.5) is 5.69 Å². The third kappa shape index (κ3) is 6.77. The van der Waals surface area contributed by atoms with Gasteiger partial charge >= 0.3 is 0 Å². The van der Waals surface area contributed by atoms with Crippen molar-refractivity contribution < 1.29 is 17.9 Å². The molecule has 34 heavy (non-hydrogen) atoms. The number of anilines is 1. The van der Waals surface area contributed by atoms with Gasteiger partial charge in [0.05, 0.1) is 17.7 Å². The van der Waals surface area contributed by atoms with Crippen molar-refractivity contribution in [3.8, 4) is 5.75 Å². The van der Waals surface area contributed by atoms with Crippen molar-refractivity contribution in [3.05, 3.63) is 83.9 Å².